The van der Waals surface area contributed by atoms with Gasteiger partial charge in [0, 0.05) is 17.6 Å². The summed E-state index contributed by atoms with van der Waals surface area (Å²) < 4.78 is 29.5. The minimum Gasteiger partial charge on any atom is -0.484 e. The zero-order valence-electron chi connectivity index (χ0n) is 15.1. The van der Waals surface area contributed by atoms with Crippen molar-refractivity contribution >= 4 is 27.3 Å². The third kappa shape index (κ3) is 5.23. The number of carbonyl (C=O) groups is 1. The van der Waals surface area contributed by atoms with Crippen molar-refractivity contribution in [1.29, 1.82) is 0 Å². The molecule has 144 valence electrons. The van der Waals surface area contributed by atoms with Gasteiger partial charge in [-0.3, -0.25) is 4.79 Å². The predicted molar refractivity (Wildman–Crippen MR) is 106 cm³/mol. The highest BCUT2D eigenvalue weighted by atomic mass is 35.5. The molecule has 1 amide bonds. The third-order valence-corrected chi connectivity index (χ3v) is 6.68. The summed E-state index contributed by atoms with van der Waals surface area (Å²) in [6.07, 6.45) is 0.450. The predicted octanol–water partition coefficient (Wildman–Crippen LogP) is 3.24. The number of hydrogen-bond acceptors (Lipinski definition) is 4. The van der Waals surface area contributed by atoms with Gasteiger partial charge < -0.3 is 9.64 Å². The van der Waals surface area contributed by atoms with Crippen LogP contribution in [-0.2, 0) is 21.2 Å². The fourth-order valence-electron chi connectivity index (χ4n) is 3.17. The van der Waals surface area contributed by atoms with Crippen molar-refractivity contribution in [2.24, 2.45) is 0 Å². The van der Waals surface area contributed by atoms with Gasteiger partial charge in [-0.15, -0.1) is 0 Å². The van der Waals surface area contributed by atoms with Gasteiger partial charge in [0.1, 0.15) is 5.75 Å². The highest BCUT2D eigenvalue weighted by Crippen LogP contribution is 2.22. The molecule has 0 aromatic heterocycles. The molecule has 0 radical (unpaired) electrons. The Bertz CT molecular complexity index is 912. The summed E-state index contributed by atoms with van der Waals surface area (Å²) in [5, 5.41) is 0.614. The van der Waals surface area contributed by atoms with E-state index in [-0.39, 0.29) is 30.1 Å². The number of benzene rings is 2. The molecule has 1 atom stereocenters. The lowest BCUT2D eigenvalue weighted by Gasteiger charge is -2.28. The molecular weight excluding hydrogens is 386 g/mol. The Balaban J connectivity index is 1.75. The second-order valence-corrected chi connectivity index (χ2v) is 9.42. The van der Waals surface area contributed by atoms with Crippen LogP contribution in [0.2, 0.25) is 5.02 Å². The van der Waals surface area contributed by atoms with Gasteiger partial charge in [0.25, 0.3) is 5.91 Å². The van der Waals surface area contributed by atoms with E-state index >= 15 is 0 Å². The topological polar surface area (TPSA) is 63.7 Å². The van der Waals surface area contributed by atoms with Crippen LogP contribution < -0.4 is 4.74 Å². The minimum absolute atomic E-state index is 0.00328. The van der Waals surface area contributed by atoms with Crippen molar-refractivity contribution in [2.75, 3.05) is 18.1 Å². The van der Waals surface area contributed by atoms with E-state index in [1.165, 1.54) is 0 Å². The standard InChI is InChI=1S/C20H22ClNO4S/c1-15-4-2-3-5-19(15)26-13-20(23)22(18-10-11-27(24,25)14-18)12-16-6-8-17(21)9-7-16/h2-9,18H,10-14H2,1H3/t18-/m1/s1. The molecule has 1 heterocycles. The normalized spacial score (nSPS) is 18.2. The fraction of sp³-hybridized carbons (Fsp3) is 0.350. The molecule has 0 spiro atoms. The van der Waals surface area contributed by atoms with Crippen molar-refractivity contribution in [2.45, 2.75) is 25.9 Å². The number of amides is 1. The Morgan fingerprint density at radius 3 is 2.52 bits per heavy atom. The number of para-hydroxylation sites is 1. The minimum atomic E-state index is -3.10. The van der Waals surface area contributed by atoms with Gasteiger partial charge in [0.2, 0.25) is 0 Å². The number of ether oxygens (including phenoxy) is 1. The van der Waals surface area contributed by atoms with Gasteiger partial charge in [-0.2, -0.15) is 0 Å². The van der Waals surface area contributed by atoms with Crippen molar-refractivity contribution in [3.8, 4) is 5.75 Å². The largest absolute Gasteiger partial charge is 0.484 e. The second-order valence-electron chi connectivity index (χ2n) is 6.76. The average Bonchev–Trinajstić information content (AvgIpc) is 3.00. The highest BCUT2D eigenvalue weighted by Gasteiger charge is 2.34. The van der Waals surface area contributed by atoms with Crippen molar-refractivity contribution in [3.63, 3.8) is 0 Å². The number of hydrogen-bond donors (Lipinski definition) is 0. The summed E-state index contributed by atoms with van der Waals surface area (Å²) in [6.45, 7) is 2.11. The molecule has 27 heavy (non-hydrogen) atoms. The molecule has 7 heteroatoms. The lowest BCUT2D eigenvalue weighted by molar-refractivity contribution is -0.136. The smallest absolute Gasteiger partial charge is 0.261 e. The Morgan fingerprint density at radius 2 is 1.89 bits per heavy atom. The highest BCUT2D eigenvalue weighted by molar-refractivity contribution is 7.91. The first-order chi connectivity index (χ1) is 12.8. The number of nitrogens with zero attached hydrogens (tertiary/aromatic N) is 1. The van der Waals surface area contributed by atoms with E-state index in [9.17, 15) is 13.2 Å². The quantitative estimate of drug-likeness (QED) is 0.737. The van der Waals surface area contributed by atoms with E-state index < -0.39 is 9.84 Å². The summed E-state index contributed by atoms with van der Waals surface area (Å²) in [5.41, 5.74) is 1.84. The Morgan fingerprint density at radius 1 is 1.19 bits per heavy atom. The van der Waals surface area contributed by atoms with Gasteiger partial charge >= 0.3 is 0 Å². The number of halogens is 1. The SMILES string of the molecule is Cc1ccccc1OCC(=O)N(Cc1ccc(Cl)cc1)[C@@H]1CCS(=O)(=O)C1. The molecule has 1 aliphatic rings. The van der Waals surface area contributed by atoms with Crippen LogP contribution in [0.3, 0.4) is 0 Å². The van der Waals surface area contributed by atoms with E-state index in [1.807, 2.05) is 43.3 Å². The number of rotatable bonds is 6. The van der Waals surface area contributed by atoms with E-state index in [2.05, 4.69) is 0 Å². The zero-order valence-corrected chi connectivity index (χ0v) is 16.7. The molecule has 2 aromatic carbocycles. The van der Waals surface area contributed by atoms with Crippen LogP contribution in [0.5, 0.6) is 5.75 Å². The van der Waals surface area contributed by atoms with Gasteiger partial charge in [0.15, 0.2) is 16.4 Å². The summed E-state index contributed by atoms with van der Waals surface area (Å²) >= 11 is 5.93. The van der Waals surface area contributed by atoms with Crippen LogP contribution >= 0.6 is 11.6 Å². The van der Waals surface area contributed by atoms with E-state index in [4.69, 9.17) is 16.3 Å². The first-order valence-electron chi connectivity index (χ1n) is 8.77. The van der Waals surface area contributed by atoms with E-state index in [0.717, 1.165) is 11.1 Å². The Kier molecular flexibility index (Phi) is 6.07. The third-order valence-electron chi connectivity index (χ3n) is 4.68. The van der Waals surface area contributed by atoms with Crippen LogP contribution in [-0.4, -0.2) is 43.4 Å². The lowest BCUT2D eigenvalue weighted by atomic mass is 10.1. The lowest BCUT2D eigenvalue weighted by Crippen LogP contribution is -2.43. The van der Waals surface area contributed by atoms with E-state index in [0.29, 0.717) is 23.7 Å². The van der Waals surface area contributed by atoms with Gasteiger partial charge in [0.05, 0.1) is 11.5 Å². The first kappa shape index (κ1) is 19.7. The molecule has 0 aliphatic carbocycles. The zero-order chi connectivity index (χ0) is 19.4. The van der Waals surface area contributed by atoms with Gasteiger partial charge in [-0.1, -0.05) is 41.9 Å². The first-order valence-corrected chi connectivity index (χ1v) is 11.0. The summed E-state index contributed by atoms with van der Waals surface area (Å²) in [4.78, 5) is 14.5. The van der Waals surface area contributed by atoms with Crippen LogP contribution in [0.4, 0.5) is 0 Å². The number of carbonyl (C=O) groups excluding carboxylic acids is 1. The number of aryl methyl sites for hydroxylation is 1. The van der Waals surface area contributed by atoms with Crippen molar-refractivity contribution < 1.29 is 17.9 Å². The van der Waals surface area contributed by atoms with Crippen molar-refractivity contribution in [1.82, 2.24) is 4.90 Å². The maximum Gasteiger partial charge on any atom is 0.261 e. The molecule has 1 saturated heterocycles. The average molecular weight is 408 g/mol. The fourth-order valence-corrected chi connectivity index (χ4v) is 5.03. The molecule has 0 unspecified atom stereocenters. The van der Waals surface area contributed by atoms with Crippen LogP contribution in [0.15, 0.2) is 48.5 Å². The van der Waals surface area contributed by atoms with Gasteiger partial charge in [-0.25, -0.2) is 8.42 Å². The van der Waals surface area contributed by atoms with Crippen molar-refractivity contribution in [3.05, 3.63) is 64.7 Å². The maximum atomic E-state index is 12.9. The van der Waals surface area contributed by atoms with Gasteiger partial charge in [-0.05, 0) is 42.7 Å². The van der Waals surface area contributed by atoms with Crippen LogP contribution in [0.1, 0.15) is 17.5 Å². The molecule has 3 rings (SSSR count). The summed E-state index contributed by atoms with van der Waals surface area (Å²) in [6, 6.07) is 14.3. The summed E-state index contributed by atoms with van der Waals surface area (Å²) in [5.74, 6) is 0.531. The molecule has 0 bridgehead atoms. The van der Waals surface area contributed by atoms with Crippen LogP contribution in [0.25, 0.3) is 0 Å². The molecule has 5 nitrogen and oxygen atoms in total. The second kappa shape index (κ2) is 8.31. The Labute approximate surface area is 164 Å². The molecule has 1 fully saturated rings. The molecule has 0 saturated carbocycles. The summed E-state index contributed by atoms with van der Waals surface area (Å²) in [7, 11) is -3.10. The maximum absolute atomic E-state index is 12.9. The molecular formula is C20H22ClNO4S. The molecule has 2 aromatic rings. The van der Waals surface area contributed by atoms with Crippen LogP contribution in [0, 0.1) is 6.92 Å². The molecule has 0 N–H and O–H groups in total. The Hall–Kier alpha value is -2.05. The number of sulfone groups is 1. The monoisotopic (exact) mass is 407 g/mol. The molecule has 1 aliphatic heterocycles. The van der Waals surface area contributed by atoms with E-state index in [1.54, 1.807) is 17.0 Å².